The molecule has 1 aromatic heterocycles. The van der Waals surface area contributed by atoms with E-state index in [0.29, 0.717) is 24.7 Å². The van der Waals surface area contributed by atoms with Gasteiger partial charge in [-0.2, -0.15) is 10.2 Å². The number of nitrogens with one attached hydrogen (secondary N) is 3. The van der Waals surface area contributed by atoms with Crippen molar-refractivity contribution in [3.63, 3.8) is 0 Å². The first-order valence-corrected chi connectivity index (χ1v) is 9.94. The highest BCUT2D eigenvalue weighted by atomic mass is 19.1. The highest BCUT2D eigenvalue weighted by Gasteiger charge is 2.19. The second kappa shape index (κ2) is 10.6. The first-order valence-electron chi connectivity index (χ1n) is 9.94. The maximum atomic E-state index is 14.7. The summed E-state index contributed by atoms with van der Waals surface area (Å²) in [6, 6.07) is 7.03. The zero-order chi connectivity index (χ0) is 22.3. The van der Waals surface area contributed by atoms with Crippen molar-refractivity contribution in [1.29, 1.82) is 10.9 Å². The van der Waals surface area contributed by atoms with Crippen LogP contribution in [-0.2, 0) is 13.0 Å². The van der Waals surface area contributed by atoms with Gasteiger partial charge in [-0.1, -0.05) is 20.4 Å². The number of amidine groups is 1. The molecule has 1 aromatic carbocycles. The van der Waals surface area contributed by atoms with Gasteiger partial charge in [0, 0.05) is 30.2 Å². The fourth-order valence-corrected chi connectivity index (χ4v) is 3.32. The summed E-state index contributed by atoms with van der Waals surface area (Å²) in [4.78, 5) is 2.09. The van der Waals surface area contributed by atoms with Crippen molar-refractivity contribution in [2.75, 3.05) is 11.9 Å². The third-order valence-electron chi connectivity index (χ3n) is 4.71. The van der Waals surface area contributed by atoms with E-state index >= 15 is 0 Å². The SMILES string of the molecule is C=C(C)N(Cc1cccnn1)C(C)CNc1cc(CC(C)C)cc(F)c1C(=N)N=N. The summed E-state index contributed by atoms with van der Waals surface area (Å²) in [5.41, 5.74) is 10.2. The third kappa shape index (κ3) is 6.17. The van der Waals surface area contributed by atoms with Crippen LogP contribution in [0, 0.1) is 22.7 Å². The van der Waals surface area contributed by atoms with Crippen LogP contribution in [-0.4, -0.2) is 33.5 Å². The summed E-state index contributed by atoms with van der Waals surface area (Å²) in [6.07, 6.45) is 2.35. The van der Waals surface area contributed by atoms with E-state index in [4.69, 9.17) is 10.9 Å². The Kier molecular flexibility index (Phi) is 8.15. The Hall–Kier alpha value is -3.16. The van der Waals surface area contributed by atoms with Gasteiger partial charge in [-0.3, -0.25) is 5.41 Å². The molecule has 0 bridgehead atoms. The molecule has 2 aromatic rings. The number of hydrogen-bond donors (Lipinski definition) is 3. The molecule has 30 heavy (non-hydrogen) atoms. The Morgan fingerprint density at radius 1 is 1.33 bits per heavy atom. The van der Waals surface area contributed by atoms with Gasteiger partial charge >= 0.3 is 0 Å². The summed E-state index contributed by atoms with van der Waals surface area (Å²) in [7, 11) is 0. The maximum absolute atomic E-state index is 14.7. The third-order valence-corrected chi connectivity index (χ3v) is 4.71. The minimum absolute atomic E-state index is 0.0105. The molecule has 3 N–H and O–H groups in total. The number of hydrogen-bond acceptors (Lipinski definition) is 6. The largest absolute Gasteiger partial charge is 0.382 e. The van der Waals surface area contributed by atoms with E-state index in [2.05, 4.69) is 46.0 Å². The Morgan fingerprint density at radius 2 is 2.07 bits per heavy atom. The fraction of sp³-hybridized carbons (Fsp3) is 0.409. The van der Waals surface area contributed by atoms with Crippen molar-refractivity contribution < 1.29 is 4.39 Å². The lowest BCUT2D eigenvalue weighted by atomic mass is 9.99. The Morgan fingerprint density at radius 3 is 2.63 bits per heavy atom. The van der Waals surface area contributed by atoms with Crippen LogP contribution in [0.25, 0.3) is 0 Å². The molecule has 0 fully saturated rings. The predicted molar refractivity (Wildman–Crippen MR) is 117 cm³/mol. The van der Waals surface area contributed by atoms with Crippen LogP contribution in [0.1, 0.15) is 44.5 Å². The van der Waals surface area contributed by atoms with Crippen molar-refractivity contribution in [2.45, 2.75) is 46.7 Å². The summed E-state index contributed by atoms with van der Waals surface area (Å²) in [6.45, 7) is 13.2. The van der Waals surface area contributed by atoms with Gasteiger partial charge in [-0.25, -0.2) is 9.92 Å². The van der Waals surface area contributed by atoms with Gasteiger partial charge in [-0.15, -0.1) is 5.11 Å². The topological polar surface area (TPSA) is 101 Å². The molecule has 0 spiro atoms. The quantitative estimate of drug-likeness (QED) is 0.291. The fourth-order valence-electron chi connectivity index (χ4n) is 3.32. The zero-order valence-electron chi connectivity index (χ0n) is 18.0. The molecule has 1 heterocycles. The van der Waals surface area contributed by atoms with E-state index in [1.807, 2.05) is 32.0 Å². The molecule has 1 atom stereocenters. The van der Waals surface area contributed by atoms with Crippen molar-refractivity contribution >= 4 is 11.5 Å². The summed E-state index contributed by atoms with van der Waals surface area (Å²) < 4.78 is 14.7. The van der Waals surface area contributed by atoms with Gasteiger partial charge in [0.25, 0.3) is 0 Å². The highest BCUT2D eigenvalue weighted by Crippen LogP contribution is 2.25. The van der Waals surface area contributed by atoms with Crippen LogP contribution in [0.5, 0.6) is 0 Å². The lowest BCUT2D eigenvalue weighted by Gasteiger charge is -2.31. The number of nitrogens with zero attached hydrogens (tertiary/aromatic N) is 4. The van der Waals surface area contributed by atoms with Gasteiger partial charge in [-0.05, 0) is 56.0 Å². The summed E-state index contributed by atoms with van der Waals surface area (Å²) in [5.74, 6) is -0.580. The van der Waals surface area contributed by atoms with Crippen molar-refractivity contribution in [3.8, 4) is 0 Å². The van der Waals surface area contributed by atoms with Crippen LogP contribution < -0.4 is 5.32 Å². The monoisotopic (exact) mass is 411 g/mol. The molecule has 0 saturated heterocycles. The molecule has 8 heteroatoms. The average Bonchev–Trinajstić information content (AvgIpc) is 2.69. The van der Waals surface area contributed by atoms with Crippen LogP contribution in [0.15, 0.2) is 47.9 Å². The lowest BCUT2D eigenvalue weighted by Crippen LogP contribution is -2.36. The molecule has 2 rings (SSSR count). The molecular formula is C22H30FN7. The Balaban J connectivity index is 2.24. The molecule has 160 valence electrons. The molecule has 0 saturated carbocycles. The second-order valence-electron chi connectivity index (χ2n) is 7.87. The molecule has 0 amide bonds. The van der Waals surface area contributed by atoms with Crippen LogP contribution in [0.2, 0.25) is 0 Å². The Labute approximate surface area is 177 Å². The van der Waals surface area contributed by atoms with E-state index < -0.39 is 11.7 Å². The van der Waals surface area contributed by atoms with Crippen LogP contribution in [0.3, 0.4) is 0 Å². The van der Waals surface area contributed by atoms with E-state index in [9.17, 15) is 4.39 Å². The molecule has 7 nitrogen and oxygen atoms in total. The van der Waals surface area contributed by atoms with E-state index in [-0.39, 0.29) is 11.6 Å². The van der Waals surface area contributed by atoms with Gasteiger partial charge in [0.15, 0.2) is 5.84 Å². The minimum atomic E-state index is -0.541. The number of aromatic nitrogens is 2. The van der Waals surface area contributed by atoms with Crippen LogP contribution in [0.4, 0.5) is 10.1 Å². The molecule has 0 aliphatic rings. The lowest BCUT2D eigenvalue weighted by molar-refractivity contribution is 0.266. The first-order chi connectivity index (χ1) is 14.2. The Bertz CT molecular complexity index is 896. The van der Waals surface area contributed by atoms with E-state index in [1.165, 1.54) is 6.07 Å². The molecule has 0 radical (unpaired) electrons. The molecule has 0 aliphatic carbocycles. The number of halogens is 1. The second-order valence-corrected chi connectivity index (χ2v) is 7.87. The highest BCUT2D eigenvalue weighted by molar-refractivity contribution is 6.02. The maximum Gasteiger partial charge on any atom is 0.178 e. The summed E-state index contributed by atoms with van der Waals surface area (Å²) >= 11 is 0. The summed E-state index contributed by atoms with van der Waals surface area (Å²) in [5, 5.41) is 22.3. The first kappa shape index (κ1) is 23.1. The van der Waals surface area contributed by atoms with E-state index in [1.54, 1.807) is 6.20 Å². The van der Waals surface area contributed by atoms with Crippen molar-refractivity contribution in [3.05, 3.63) is 65.4 Å². The van der Waals surface area contributed by atoms with Gasteiger partial charge in [0.2, 0.25) is 0 Å². The smallest absolute Gasteiger partial charge is 0.178 e. The average molecular weight is 412 g/mol. The zero-order valence-corrected chi connectivity index (χ0v) is 18.0. The molecular weight excluding hydrogens is 381 g/mol. The number of anilines is 1. The van der Waals surface area contributed by atoms with Crippen molar-refractivity contribution in [1.82, 2.24) is 15.1 Å². The normalized spacial score (nSPS) is 11.8. The van der Waals surface area contributed by atoms with Crippen LogP contribution >= 0.6 is 0 Å². The predicted octanol–water partition coefficient (Wildman–Crippen LogP) is 5.01. The van der Waals surface area contributed by atoms with Gasteiger partial charge in [0.1, 0.15) is 5.82 Å². The molecule has 1 unspecified atom stereocenters. The number of rotatable bonds is 10. The minimum Gasteiger partial charge on any atom is -0.382 e. The van der Waals surface area contributed by atoms with E-state index in [0.717, 1.165) is 23.4 Å². The number of allylic oxidation sites excluding steroid dienone is 1. The number of benzene rings is 1. The molecule has 0 aliphatic heterocycles. The van der Waals surface area contributed by atoms with Crippen molar-refractivity contribution in [2.24, 2.45) is 11.0 Å². The van der Waals surface area contributed by atoms with Gasteiger partial charge < -0.3 is 10.2 Å². The standard InChI is InChI=1S/C22H30FN7/c1-14(2)9-17-10-19(23)21(22(24)28-25)20(11-17)26-12-16(5)30(15(3)4)13-18-7-6-8-27-29-18/h6-8,10-11,14,16,24-26H,3,9,12-13H2,1-2,4-5H3. The van der Waals surface area contributed by atoms with Gasteiger partial charge in [0.05, 0.1) is 17.8 Å².